The van der Waals surface area contributed by atoms with Gasteiger partial charge in [0, 0.05) is 12.5 Å². The summed E-state index contributed by atoms with van der Waals surface area (Å²) in [6, 6.07) is 5.43. The molecular weight excluding hydrogens is 323 g/mol. The Hall–Kier alpha value is -0.750. The standard InChI is InChI=1S/C13H17BrF3NO/c1-18-11(4-3-7-13(15,16)17)9-5-6-12(19-2)10(14)8-9/h5-6,8,11,18H,3-4,7H2,1-2H3. The molecule has 0 aliphatic rings. The molecule has 1 unspecified atom stereocenters. The summed E-state index contributed by atoms with van der Waals surface area (Å²) in [6.45, 7) is 0. The van der Waals surface area contributed by atoms with Crippen LogP contribution in [0.3, 0.4) is 0 Å². The molecule has 0 fully saturated rings. The minimum absolute atomic E-state index is 0.0930. The molecule has 6 heteroatoms. The van der Waals surface area contributed by atoms with Crippen LogP contribution in [0.4, 0.5) is 13.2 Å². The van der Waals surface area contributed by atoms with Gasteiger partial charge in [0.05, 0.1) is 11.6 Å². The summed E-state index contributed by atoms with van der Waals surface area (Å²) >= 11 is 3.37. The Morgan fingerprint density at radius 1 is 1.37 bits per heavy atom. The van der Waals surface area contributed by atoms with Crippen molar-refractivity contribution in [3.63, 3.8) is 0 Å². The maximum Gasteiger partial charge on any atom is 0.389 e. The van der Waals surface area contributed by atoms with E-state index in [0.29, 0.717) is 12.2 Å². The van der Waals surface area contributed by atoms with Gasteiger partial charge in [-0.1, -0.05) is 6.07 Å². The summed E-state index contributed by atoms with van der Waals surface area (Å²) in [5.74, 6) is 0.703. The molecule has 1 aromatic carbocycles. The highest BCUT2D eigenvalue weighted by molar-refractivity contribution is 9.10. The summed E-state index contributed by atoms with van der Waals surface area (Å²) in [5.41, 5.74) is 0.942. The molecule has 0 bridgehead atoms. The van der Waals surface area contributed by atoms with Crippen molar-refractivity contribution < 1.29 is 17.9 Å². The fourth-order valence-corrected chi connectivity index (χ4v) is 2.44. The molecular formula is C13H17BrF3NO. The number of methoxy groups -OCH3 is 1. The molecule has 1 N–H and O–H groups in total. The van der Waals surface area contributed by atoms with E-state index in [1.54, 1.807) is 20.2 Å². The van der Waals surface area contributed by atoms with Crippen LogP contribution >= 0.6 is 15.9 Å². The number of halogens is 4. The van der Waals surface area contributed by atoms with Gasteiger partial charge in [-0.3, -0.25) is 0 Å². The van der Waals surface area contributed by atoms with E-state index in [9.17, 15) is 13.2 Å². The van der Waals surface area contributed by atoms with E-state index in [-0.39, 0.29) is 12.5 Å². The van der Waals surface area contributed by atoms with Crippen molar-refractivity contribution in [2.45, 2.75) is 31.5 Å². The first-order valence-electron chi connectivity index (χ1n) is 5.95. The minimum Gasteiger partial charge on any atom is -0.496 e. The van der Waals surface area contributed by atoms with Crippen molar-refractivity contribution in [1.29, 1.82) is 0 Å². The normalized spacial score (nSPS) is 13.4. The van der Waals surface area contributed by atoms with Gasteiger partial charge in [0.15, 0.2) is 0 Å². The molecule has 19 heavy (non-hydrogen) atoms. The van der Waals surface area contributed by atoms with E-state index < -0.39 is 12.6 Å². The van der Waals surface area contributed by atoms with E-state index in [0.717, 1.165) is 10.0 Å². The van der Waals surface area contributed by atoms with E-state index in [1.807, 2.05) is 12.1 Å². The number of hydrogen-bond donors (Lipinski definition) is 1. The van der Waals surface area contributed by atoms with Gasteiger partial charge in [-0.25, -0.2) is 0 Å². The Balaban J connectivity index is 2.67. The first-order chi connectivity index (χ1) is 8.87. The third-order valence-electron chi connectivity index (χ3n) is 2.88. The zero-order valence-electron chi connectivity index (χ0n) is 10.9. The molecule has 0 amide bonds. The molecule has 0 aliphatic carbocycles. The Morgan fingerprint density at radius 2 is 2.05 bits per heavy atom. The summed E-state index contributed by atoms with van der Waals surface area (Å²) in [7, 11) is 3.31. The molecule has 108 valence electrons. The number of rotatable bonds is 6. The van der Waals surface area contributed by atoms with Gasteiger partial charge in [0.25, 0.3) is 0 Å². The largest absolute Gasteiger partial charge is 0.496 e. The van der Waals surface area contributed by atoms with Crippen molar-refractivity contribution in [3.05, 3.63) is 28.2 Å². The van der Waals surface area contributed by atoms with Crippen LogP contribution in [0.1, 0.15) is 30.9 Å². The van der Waals surface area contributed by atoms with Gasteiger partial charge < -0.3 is 10.1 Å². The van der Waals surface area contributed by atoms with Crippen LogP contribution in [-0.4, -0.2) is 20.3 Å². The van der Waals surface area contributed by atoms with Crippen molar-refractivity contribution in [2.75, 3.05) is 14.2 Å². The van der Waals surface area contributed by atoms with Gasteiger partial charge in [-0.2, -0.15) is 13.2 Å². The van der Waals surface area contributed by atoms with E-state index in [1.165, 1.54) is 0 Å². The van der Waals surface area contributed by atoms with Crippen LogP contribution < -0.4 is 10.1 Å². The molecule has 0 spiro atoms. The number of nitrogens with one attached hydrogen (secondary N) is 1. The average molecular weight is 340 g/mol. The SMILES string of the molecule is CNC(CCCC(F)(F)F)c1ccc(OC)c(Br)c1. The maximum atomic E-state index is 12.1. The highest BCUT2D eigenvalue weighted by Crippen LogP contribution is 2.31. The third kappa shape index (κ3) is 5.40. The first-order valence-corrected chi connectivity index (χ1v) is 6.74. The quantitative estimate of drug-likeness (QED) is 0.826. The zero-order chi connectivity index (χ0) is 14.5. The number of alkyl halides is 3. The molecule has 0 aromatic heterocycles. The lowest BCUT2D eigenvalue weighted by atomic mass is 10.0. The smallest absolute Gasteiger partial charge is 0.389 e. The summed E-state index contributed by atoms with van der Waals surface area (Å²) in [4.78, 5) is 0. The average Bonchev–Trinajstić information content (AvgIpc) is 2.33. The first kappa shape index (κ1) is 16.3. The Kier molecular flexibility index (Phi) is 6.13. The van der Waals surface area contributed by atoms with Crippen LogP contribution in [0, 0.1) is 0 Å². The summed E-state index contributed by atoms with van der Waals surface area (Å²) in [5, 5.41) is 3.04. The highest BCUT2D eigenvalue weighted by Gasteiger charge is 2.26. The molecule has 0 aliphatic heterocycles. The topological polar surface area (TPSA) is 21.3 Å². The maximum absolute atomic E-state index is 12.1. The van der Waals surface area contributed by atoms with Gasteiger partial charge in [-0.15, -0.1) is 0 Å². The molecule has 1 rings (SSSR count). The van der Waals surface area contributed by atoms with Crippen LogP contribution in [0.5, 0.6) is 5.75 Å². The Bertz CT molecular complexity index is 409. The number of benzene rings is 1. The van der Waals surface area contributed by atoms with Crippen molar-refractivity contribution in [2.24, 2.45) is 0 Å². The Labute approximate surface area is 119 Å². The predicted molar refractivity (Wildman–Crippen MR) is 72.4 cm³/mol. The third-order valence-corrected chi connectivity index (χ3v) is 3.50. The van der Waals surface area contributed by atoms with Crippen molar-refractivity contribution in [1.82, 2.24) is 5.32 Å². The van der Waals surface area contributed by atoms with Gasteiger partial charge in [0.2, 0.25) is 0 Å². The fraction of sp³-hybridized carbons (Fsp3) is 0.538. The van der Waals surface area contributed by atoms with Crippen LogP contribution in [-0.2, 0) is 0 Å². The number of ether oxygens (including phenoxy) is 1. The lowest BCUT2D eigenvalue weighted by molar-refractivity contribution is -0.135. The lowest BCUT2D eigenvalue weighted by Gasteiger charge is -2.18. The molecule has 1 atom stereocenters. The van der Waals surface area contributed by atoms with E-state index >= 15 is 0 Å². The summed E-state index contributed by atoms with van der Waals surface area (Å²) in [6.07, 6.45) is -4.28. The summed E-state index contributed by atoms with van der Waals surface area (Å²) < 4.78 is 42.3. The molecule has 0 saturated heterocycles. The zero-order valence-corrected chi connectivity index (χ0v) is 12.4. The van der Waals surface area contributed by atoms with Crippen LogP contribution in [0.25, 0.3) is 0 Å². The van der Waals surface area contributed by atoms with E-state index in [4.69, 9.17) is 4.74 Å². The van der Waals surface area contributed by atoms with Crippen LogP contribution in [0.2, 0.25) is 0 Å². The second-order valence-corrected chi connectivity index (χ2v) is 5.10. The molecule has 0 heterocycles. The molecule has 0 radical (unpaired) electrons. The fourth-order valence-electron chi connectivity index (χ4n) is 1.88. The lowest BCUT2D eigenvalue weighted by Crippen LogP contribution is -2.17. The van der Waals surface area contributed by atoms with Crippen molar-refractivity contribution >= 4 is 15.9 Å². The van der Waals surface area contributed by atoms with Crippen molar-refractivity contribution in [3.8, 4) is 5.75 Å². The minimum atomic E-state index is -4.08. The Morgan fingerprint density at radius 3 is 2.53 bits per heavy atom. The monoisotopic (exact) mass is 339 g/mol. The van der Waals surface area contributed by atoms with Gasteiger partial charge >= 0.3 is 6.18 Å². The second kappa shape index (κ2) is 7.14. The number of hydrogen-bond acceptors (Lipinski definition) is 2. The predicted octanol–water partition coefficient (Wildman–Crippen LogP) is 4.45. The molecule has 0 saturated carbocycles. The van der Waals surface area contributed by atoms with Gasteiger partial charge in [0.1, 0.15) is 5.75 Å². The molecule has 1 aromatic rings. The van der Waals surface area contributed by atoms with E-state index in [2.05, 4.69) is 21.2 Å². The van der Waals surface area contributed by atoms with Gasteiger partial charge in [-0.05, 0) is 53.5 Å². The second-order valence-electron chi connectivity index (χ2n) is 4.24. The molecule has 2 nitrogen and oxygen atoms in total. The highest BCUT2D eigenvalue weighted by atomic mass is 79.9. The van der Waals surface area contributed by atoms with Crippen LogP contribution in [0.15, 0.2) is 22.7 Å².